The summed E-state index contributed by atoms with van der Waals surface area (Å²) in [6, 6.07) is 15.6. The molecule has 1 aliphatic heterocycles. The summed E-state index contributed by atoms with van der Waals surface area (Å²) in [5, 5.41) is 0. The number of hydrogen-bond donors (Lipinski definition) is 0. The summed E-state index contributed by atoms with van der Waals surface area (Å²) >= 11 is 0. The van der Waals surface area contributed by atoms with Crippen LogP contribution >= 0.6 is 0 Å². The van der Waals surface area contributed by atoms with Crippen LogP contribution in [0.15, 0.2) is 48.5 Å². The number of piperazine rings is 1. The van der Waals surface area contributed by atoms with Crippen molar-refractivity contribution < 1.29 is 4.39 Å². The van der Waals surface area contributed by atoms with Crippen LogP contribution in [0.1, 0.15) is 11.1 Å². The van der Waals surface area contributed by atoms with Crippen LogP contribution < -0.4 is 4.90 Å². The Morgan fingerprint density at radius 1 is 0.952 bits per heavy atom. The molecule has 3 heteroatoms. The molecule has 0 aliphatic carbocycles. The number of nitrogens with zero attached hydrogens (tertiary/aromatic N) is 2. The van der Waals surface area contributed by atoms with Gasteiger partial charge in [-0.2, -0.15) is 0 Å². The second-order valence-corrected chi connectivity index (χ2v) is 5.73. The van der Waals surface area contributed by atoms with Gasteiger partial charge < -0.3 is 4.90 Å². The SMILES string of the molecule is Cc1cccc(N2CCN(Cc3cccc(F)c3)CC2)c1. The van der Waals surface area contributed by atoms with Gasteiger partial charge in [-0.1, -0.05) is 24.3 Å². The highest BCUT2D eigenvalue weighted by molar-refractivity contribution is 5.48. The van der Waals surface area contributed by atoms with Crippen LogP contribution in [0.3, 0.4) is 0 Å². The Balaban J connectivity index is 1.58. The molecule has 3 rings (SSSR count). The van der Waals surface area contributed by atoms with Gasteiger partial charge in [0, 0.05) is 38.4 Å². The second kappa shape index (κ2) is 6.27. The molecule has 1 saturated heterocycles. The van der Waals surface area contributed by atoms with Gasteiger partial charge in [0.05, 0.1) is 0 Å². The Kier molecular flexibility index (Phi) is 4.20. The number of hydrogen-bond acceptors (Lipinski definition) is 2. The van der Waals surface area contributed by atoms with Crippen molar-refractivity contribution >= 4 is 5.69 Å². The van der Waals surface area contributed by atoms with E-state index in [9.17, 15) is 4.39 Å². The first-order chi connectivity index (χ1) is 10.2. The fraction of sp³-hybridized carbons (Fsp3) is 0.333. The Morgan fingerprint density at radius 3 is 2.43 bits per heavy atom. The Morgan fingerprint density at radius 2 is 1.71 bits per heavy atom. The summed E-state index contributed by atoms with van der Waals surface area (Å²) in [6.07, 6.45) is 0. The van der Waals surface area contributed by atoms with E-state index in [4.69, 9.17) is 0 Å². The van der Waals surface area contributed by atoms with Crippen molar-refractivity contribution in [2.45, 2.75) is 13.5 Å². The minimum Gasteiger partial charge on any atom is -0.369 e. The van der Waals surface area contributed by atoms with E-state index in [2.05, 4.69) is 41.0 Å². The summed E-state index contributed by atoms with van der Waals surface area (Å²) in [5.74, 6) is -0.147. The zero-order valence-corrected chi connectivity index (χ0v) is 12.4. The highest BCUT2D eigenvalue weighted by Gasteiger charge is 2.17. The summed E-state index contributed by atoms with van der Waals surface area (Å²) in [4.78, 5) is 4.82. The lowest BCUT2D eigenvalue weighted by molar-refractivity contribution is 0.249. The molecule has 0 bridgehead atoms. The monoisotopic (exact) mass is 284 g/mol. The molecule has 0 radical (unpaired) electrons. The lowest BCUT2D eigenvalue weighted by Gasteiger charge is -2.36. The number of rotatable bonds is 3. The van der Waals surface area contributed by atoms with Crippen LogP contribution in [0, 0.1) is 12.7 Å². The molecule has 0 saturated carbocycles. The van der Waals surface area contributed by atoms with E-state index in [1.807, 2.05) is 6.07 Å². The minimum absolute atomic E-state index is 0.147. The van der Waals surface area contributed by atoms with Crippen LogP contribution in [0.2, 0.25) is 0 Å². The maximum absolute atomic E-state index is 13.2. The van der Waals surface area contributed by atoms with Crippen molar-refractivity contribution in [1.82, 2.24) is 4.90 Å². The smallest absolute Gasteiger partial charge is 0.123 e. The molecule has 0 N–H and O–H groups in total. The van der Waals surface area contributed by atoms with Crippen LogP contribution in [-0.2, 0) is 6.54 Å². The molecule has 0 spiro atoms. The first-order valence-corrected chi connectivity index (χ1v) is 7.49. The highest BCUT2D eigenvalue weighted by Crippen LogP contribution is 2.18. The van der Waals surface area contributed by atoms with Crippen molar-refractivity contribution in [1.29, 1.82) is 0 Å². The van der Waals surface area contributed by atoms with Gasteiger partial charge in [0.25, 0.3) is 0 Å². The second-order valence-electron chi connectivity index (χ2n) is 5.73. The molecule has 0 unspecified atom stereocenters. The minimum atomic E-state index is -0.147. The van der Waals surface area contributed by atoms with Crippen LogP contribution in [-0.4, -0.2) is 31.1 Å². The molecule has 110 valence electrons. The fourth-order valence-electron chi connectivity index (χ4n) is 2.88. The van der Waals surface area contributed by atoms with Crippen molar-refractivity contribution in [3.05, 3.63) is 65.5 Å². The lowest BCUT2D eigenvalue weighted by Crippen LogP contribution is -2.46. The van der Waals surface area contributed by atoms with Crippen molar-refractivity contribution in [3.8, 4) is 0 Å². The van der Waals surface area contributed by atoms with E-state index in [-0.39, 0.29) is 5.82 Å². The first-order valence-electron chi connectivity index (χ1n) is 7.49. The Labute approximate surface area is 125 Å². The average molecular weight is 284 g/mol. The lowest BCUT2D eigenvalue weighted by atomic mass is 10.1. The van der Waals surface area contributed by atoms with E-state index in [1.165, 1.54) is 17.3 Å². The number of anilines is 1. The number of halogens is 1. The number of benzene rings is 2. The molecule has 0 aromatic heterocycles. The molecule has 0 atom stereocenters. The topological polar surface area (TPSA) is 6.48 Å². The third-order valence-electron chi connectivity index (χ3n) is 4.03. The zero-order valence-electron chi connectivity index (χ0n) is 12.4. The van der Waals surface area contributed by atoms with Gasteiger partial charge in [0.15, 0.2) is 0 Å². The maximum Gasteiger partial charge on any atom is 0.123 e. The summed E-state index contributed by atoms with van der Waals surface area (Å²) in [7, 11) is 0. The quantitative estimate of drug-likeness (QED) is 0.851. The molecular formula is C18H21FN2. The van der Waals surface area contributed by atoms with Crippen molar-refractivity contribution in [2.75, 3.05) is 31.1 Å². The standard InChI is InChI=1S/C18H21FN2/c1-15-4-2-7-18(12-15)21-10-8-20(9-11-21)14-16-5-3-6-17(19)13-16/h2-7,12-13H,8-11,14H2,1H3. The van der Waals surface area contributed by atoms with Gasteiger partial charge in [-0.05, 0) is 42.3 Å². The van der Waals surface area contributed by atoms with E-state index in [0.717, 1.165) is 38.3 Å². The molecular weight excluding hydrogens is 263 g/mol. The first kappa shape index (κ1) is 14.1. The fourth-order valence-corrected chi connectivity index (χ4v) is 2.88. The highest BCUT2D eigenvalue weighted by atomic mass is 19.1. The van der Waals surface area contributed by atoms with Gasteiger partial charge in [-0.25, -0.2) is 4.39 Å². The molecule has 1 heterocycles. The van der Waals surface area contributed by atoms with Crippen LogP contribution in [0.25, 0.3) is 0 Å². The molecule has 0 amide bonds. The maximum atomic E-state index is 13.2. The van der Waals surface area contributed by atoms with Crippen molar-refractivity contribution in [2.24, 2.45) is 0 Å². The van der Waals surface area contributed by atoms with E-state index < -0.39 is 0 Å². The summed E-state index contributed by atoms with van der Waals surface area (Å²) < 4.78 is 13.2. The molecule has 2 aromatic rings. The molecule has 2 nitrogen and oxygen atoms in total. The van der Waals surface area contributed by atoms with E-state index >= 15 is 0 Å². The third kappa shape index (κ3) is 3.61. The van der Waals surface area contributed by atoms with Gasteiger partial charge in [-0.3, -0.25) is 4.90 Å². The Bertz CT molecular complexity index is 604. The van der Waals surface area contributed by atoms with Gasteiger partial charge in [0.2, 0.25) is 0 Å². The molecule has 1 fully saturated rings. The summed E-state index contributed by atoms with van der Waals surface area (Å²) in [6.45, 7) is 7.05. The normalized spacial score (nSPS) is 16.2. The van der Waals surface area contributed by atoms with Gasteiger partial charge in [-0.15, -0.1) is 0 Å². The van der Waals surface area contributed by atoms with Crippen molar-refractivity contribution in [3.63, 3.8) is 0 Å². The molecule has 21 heavy (non-hydrogen) atoms. The van der Waals surface area contributed by atoms with Crippen LogP contribution in [0.4, 0.5) is 10.1 Å². The van der Waals surface area contributed by atoms with Gasteiger partial charge >= 0.3 is 0 Å². The molecule has 2 aromatic carbocycles. The predicted octanol–water partition coefficient (Wildman–Crippen LogP) is 3.46. The van der Waals surface area contributed by atoms with Crippen LogP contribution in [0.5, 0.6) is 0 Å². The Hall–Kier alpha value is -1.87. The van der Waals surface area contributed by atoms with E-state index in [0.29, 0.717) is 0 Å². The number of aryl methyl sites for hydroxylation is 1. The average Bonchev–Trinajstić information content (AvgIpc) is 2.48. The third-order valence-corrected chi connectivity index (χ3v) is 4.03. The summed E-state index contributed by atoms with van der Waals surface area (Å²) in [5.41, 5.74) is 3.66. The molecule has 1 aliphatic rings. The van der Waals surface area contributed by atoms with E-state index in [1.54, 1.807) is 12.1 Å². The predicted molar refractivity (Wildman–Crippen MR) is 85.1 cm³/mol. The van der Waals surface area contributed by atoms with Gasteiger partial charge in [0.1, 0.15) is 5.82 Å². The largest absolute Gasteiger partial charge is 0.369 e. The zero-order chi connectivity index (χ0) is 14.7.